The van der Waals surface area contributed by atoms with E-state index >= 15 is 0 Å². The lowest BCUT2D eigenvalue weighted by molar-refractivity contribution is 0.732. The van der Waals surface area contributed by atoms with Crippen LogP contribution >= 0.6 is 0 Å². The van der Waals surface area contributed by atoms with Crippen molar-refractivity contribution >= 4 is 0 Å². The second-order valence-electron chi connectivity index (χ2n) is 4.27. The molecule has 3 aromatic rings. The van der Waals surface area contributed by atoms with E-state index in [1.54, 1.807) is 0 Å². The topological polar surface area (TPSA) is 73.8 Å². The van der Waals surface area contributed by atoms with Gasteiger partial charge in [0.15, 0.2) is 0 Å². The molecule has 2 N–H and O–H groups in total. The van der Waals surface area contributed by atoms with E-state index in [1.165, 1.54) is 0 Å². The number of nitrogen functional groups attached to an aromatic ring is 1. The van der Waals surface area contributed by atoms with E-state index in [-0.39, 0.29) is 0 Å². The van der Waals surface area contributed by atoms with Gasteiger partial charge in [-0.2, -0.15) is 4.98 Å². The Balaban J connectivity index is 2.29. The zero-order valence-electron chi connectivity index (χ0n) is 10.6. The Bertz CT molecular complexity index is 782. The molecular weight excluding hydrogens is 252 g/mol. The third-order valence-corrected chi connectivity index (χ3v) is 2.93. The van der Waals surface area contributed by atoms with E-state index in [2.05, 4.69) is 10.1 Å². The summed E-state index contributed by atoms with van der Waals surface area (Å²) in [6, 6.07) is 19.0. The van der Waals surface area contributed by atoms with Gasteiger partial charge in [0.25, 0.3) is 0 Å². The van der Waals surface area contributed by atoms with Crippen LogP contribution in [-0.2, 0) is 0 Å². The molecule has 1 aromatic heterocycles. The summed E-state index contributed by atoms with van der Waals surface area (Å²) in [7, 11) is 0. The predicted octanol–water partition coefficient (Wildman–Crippen LogP) is 1.69. The molecule has 5 nitrogen and oxygen atoms in total. The fourth-order valence-corrected chi connectivity index (χ4v) is 1.99. The summed E-state index contributed by atoms with van der Waals surface area (Å²) < 4.78 is 0. The van der Waals surface area contributed by atoms with Crippen molar-refractivity contribution in [3.8, 4) is 22.5 Å². The highest BCUT2D eigenvalue weighted by Crippen LogP contribution is 2.26. The smallest absolute Gasteiger partial charge is 0.318 e. The van der Waals surface area contributed by atoms with Crippen LogP contribution in [-0.4, -0.2) is 14.9 Å². The third-order valence-electron chi connectivity index (χ3n) is 2.93. The Morgan fingerprint density at radius 3 is 1.85 bits per heavy atom. The summed E-state index contributed by atoms with van der Waals surface area (Å²) in [6.07, 6.45) is 0. The van der Waals surface area contributed by atoms with Crippen LogP contribution in [0.5, 0.6) is 0 Å². The SMILES string of the molecule is Nn1nc(-c2ccccc2)c(-c2ccccc2)nc1=O. The average molecular weight is 264 g/mol. The van der Waals surface area contributed by atoms with E-state index < -0.39 is 5.69 Å². The first-order valence-electron chi connectivity index (χ1n) is 6.13. The summed E-state index contributed by atoms with van der Waals surface area (Å²) in [4.78, 5) is 16.5. The van der Waals surface area contributed by atoms with Gasteiger partial charge in [0.05, 0.1) is 0 Å². The highest BCUT2D eigenvalue weighted by molar-refractivity contribution is 5.77. The molecule has 0 radical (unpaired) electrons. The predicted molar refractivity (Wildman–Crippen MR) is 77.3 cm³/mol. The van der Waals surface area contributed by atoms with Crippen LogP contribution in [0, 0.1) is 0 Å². The Kier molecular flexibility index (Phi) is 3.01. The Morgan fingerprint density at radius 1 is 0.800 bits per heavy atom. The number of benzene rings is 2. The molecule has 20 heavy (non-hydrogen) atoms. The van der Waals surface area contributed by atoms with Gasteiger partial charge in [-0.05, 0) is 0 Å². The van der Waals surface area contributed by atoms with Gasteiger partial charge >= 0.3 is 5.69 Å². The molecule has 0 fully saturated rings. The van der Waals surface area contributed by atoms with E-state index in [9.17, 15) is 4.79 Å². The molecule has 0 bridgehead atoms. The molecule has 0 aliphatic carbocycles. The fraction of sp³-hybridized carbons (Fsp3) is 0. The van der Waals surface area contributed by atoms with Gasteiger partial charge in [-0.15, -0.1) is 9.89 Å². The minimum absolute atomic E-state index is 0.531. The molecular formula is C15H12N4O. The summed E-state index contributed by atoms with van der Waals surface area (Å²) in [5.41, 5.74) is 2.22. The van der Waals surface area contributed by atoms with Crippen LogP contribution in [0.4, 0.5) is 0 Å². The third kappa shape index (κ3) is 2.16. The maximum Gasteiger partial charge on any atom is 0.383 e. The first kappa shape index (κ1) is 12.1. The van der Waals surface area contributed by atoms with Gasteiger partial charge in [0.1, 0.15) is 11.4 Å². The molecule has 2 aromatic carbocycles. The van der Waals surface area contributed by atoms with E-state index in [0.717, 1.165) is 15.9 Å². The second kappa shape index (κ2) is 4.97. The zero-order valence-corrected chi connectivity index (χ0v) is 10.6. The normalized spacial score (nSPS) is 10.4. The van der Waals surface area contributed by atoms with Crippen LogP contribution in [0.1, 0.15) is 0 Å². The molecule has 0 saturated heterocycles. The maximum absolute atomic E-state index is 11.7. The van der Waals surface area contributed by atoms with Gasteiger partial charge < -0.3 is 5.84 Å². The minimum Gasteiger partial charge on any atom is -0.318 e. The molecule has 98 valence electrons. The number of aromatic nitrogens is 3. The van der Waals surface area contributed by atoms with Gasteiger partial charge in [-0.1, -0.05) is 60.7 Å². The van der Waals surface area contributed by atoms with Gasteiger partial charge in [-0.3, -0.25) is 0 Å². The first-order chi connectivity index (χ1) is 9.75. The summed E-state index contributed by atoms with van der Waals surface area (Å²) in [5, 5.41) is 4.14. The maximum atomic E-state index is 11.7. The lowest BCUT2D eigenvalue weighted by atomic mass is 10.0. The number of hydrogen-bond acceptors (Lipinski definition) is 4. The van der Waals surface area contributed by atoms with Crippen molar-refractivity contribution in [2.75, 3.05) is 5.84 Å². The van der Waals surface area contributed by atoms with Gasteiger partial charge in [-0.25, -0.2) is 4.79 Å². The largest absolute Gasteiger partial charge is 0.383 e. The fourth-order valence-electron chi connectivity index (χ4n) is 1.99. The van der Waals surface area contributed by atoms with Crippen molar-refractivity contribution in [2.24, 2.45) is 0 Å². The quantitative estimate of drug-likeness (QED) is 0.715. The van der Waals surface area contributed by atoms with E-state index in [1.807, 2.05) is 60.7 Å². The molecule has 5 heteroatoms. The lowest BCUT2D eigenvalue weighted by Crippen LogP contribution is -2.32. The van der Waals surface area contributed by atoms with Crippen molar-refractivity contribution in [3.63, 3.8) is 0 Å². The molecule has 0 unspecified atom stereocenters. The molecule has 0 saturated carbocycles. The molecule has 1 heterocycles. The molecule has 0 aliphatic rings. The van der Waals surface area contributed by atoms with Crippen LogP contribution in [0.3, 0.4) is 0 Å². The van der Waals surface area contributed by atoms with Gasteiger partial charge in [0, 0.05) is 11.1 Å². The zero-order chi connectivity index (χ0) is 13.9. The lowest BCUT2D eigenvalue weighted by Gasteiger charge is -2.08. The van der Waals surface area contributed by atoms with Crippen molar-refractivity contribution in [1.29, 1.82) is 0 Å². The highest BCUT2D eigenvalue weighted by atomic mass is 16.2. The molecule has 0 spiro atoms. The standard InChI is InChI=1S/C15H12N4O/c16-19-15(20)17-13(11-7-3-1-4-8-11)14(18-19)12-9-5-2-6-10-12/h1-10H,16H2. The van der Waals surface area contributed by atoms with Crippen molar-refractivity contribution in [1.82, 2.24) is 14.9 Å². The number of hydrogen-bond donors (Lipinski definition) is 1. The first-order valence-corrected chi connectivity index (χ1v) is 6.13. The molecule has 3 rings (SSSR count). The molecule has 0 amide bonds. The van der Waals surface area contributed by atoms with Crippen molar-refractivity contribution in [3.05, 3.63) is 71.1 Å². The van der Waals surface area contributed by atoms with Crippen LogP contribution in [0.2, 0.25) is 0 Å². The van der Waals surface area contributed by atoms with Crippen LogP contribution in [0.25, 0.3) is 22.5 Å². The Labute approximate surface area is 115 Å². The molecule has 0 aliphatic heterocycles. The van der Waals surface area contributed by atoms with Crippen LogP contribution in [0.15, 0.2) is 65.5 Å². The minimum atomic E-state index is -0.580. The second-order valence-corrected chi connectivity index (χ2v) is 4.27. The Hall–Kier alpha value is -2.95. The summed E-state index contributed by atoms with van der Waals surface area (Å²) in [5.74, 6) is 5.54. The van der Waals surface area contributed by atoms with Crippen molar-refractivity contribution in [2.45, 2.75) is 0 Å². The number of rotatable bonds is 2. The van der Waals surface area contributed by atoms with Crippen LogP contribution < -0.4 is 11.5 Å². The summed E-state index contributed by atoms with van der Waals surface area (Å²) >= 11 is 0. The number of nitrogens with two attached hydrogens (primary N) is 1. The monoisotopic (exact) mass is 264 g/mol. The van der Waals surface area contributed by atoms with Gasteiger partial charge in [0.2, 0.25) is 0 Å². The highest BCUT2D eigenvalue weighted by Gasteiger charge is 2.13. The molecule has 0 atom stereocenters. The number of nitrogens with zero attached hydrogens (tertiary/aromatic N) is 3. The Morgan fingerprint density at radius 2 is 1.30 bits per heavy atom. The van der Waals surface area contributed by atoms with E-state index in [4.69, 9.17) is 5.84 Å². The summed E-state index contributed by atoms with van der Waals surface area (Å²) in [6.45, 7) is 0. The van der Waals surface area contributed by atoms with Crippen molar-refractivity contribution < 1.29 is 0 Å². The average Bonchev–Trinajstić information content (AvgIpc) is 2.51. The van der Waals surface area contributed by atoms with E-state index in [0.29, 0.717) is 11.4 Å².